The molecule has 0 aliphatic carbocycles. The molecule has 0 aliphatic rings. The Morgan fingerprint density at radius 2 is 0.804 bits per heavy atom. The molecule has 8 heteroatoms. The van der Waals surface area contributed by atoms with E-state index < -0.39 is 23.4 Å². The van der Waals surface area contributed by atoms with Crippen LogP contribution in [0.1, 0.15) is 11.1 Å². The van der Waals surface area contributed by atoms with E-state index in [2.05, 4.69) is 13.2 Å². The van der Waals surface area contributed by atoms with E-state index in [1.807, 2.05) is 97.1 Å². The Kier molecular flexibility index (Phi) is 10.9. The van der Waals surface area contributed by atoms with Crippen molar-refractivity contribution in [3.05, 3.63) is 169 Å². The topological polar surface area (TPSA) is 77.5 Å². The van der Waals surface area contributed by atoms with Gasteiger partial charge in [-0.2, -0.15) is 0 Å². The SMILES string of the molecule is C=C(OC(=O)/C=C/C(=O)OC(=C)C(Oc1ccccc1)(c1ccccc1)N(C)C)C(Oc1ccccc1)(c1ccccc1)N(C)C. The molecule has 0 aromatic heterocycles. The van der Waals surface area contributed by atoms with E-state index in [1.165, 1.54) is 0 Å². The highest BCUT2D eigenvalue weighted by Gasteiger charge is 2.44. The summed E-state index contributed by atoms with van der Waals surface area (Å²) in [4.78, 5) is 29.6. The van der Waals surface area contributed by atoms with E-state index in [0.717, 1.165) is 12.2 Å². The fraction of sp³-hybridized carbons (Fsp3) is 0.158. The molecule has 0 radical (unpaired) electrons. The summed E-state index contributed by atoms with van der Waals surface area (Å²) in [6.45, 7) is 8.13. The molecule has 46 heavy (non-hydrogen) atoms. The summed E-state index contributed by atoms with van der Waals surface area (Å²) in [7, 11) is 7.15. The molecule has 0 heterocycles. The summed E-state index contributed by atoms with van der Waals surface area (Å²) < 4.78 is 24.2. The number of para-hydroxylation sites is 2. The first-order valence-electron chi connectivity index (χ1n) is 14.5. The largest absolute Gasteiger partial charge is 0.461 e. The number of nitrogens with zero attached hydrogens (tertiary/aromatic N) is 2. The van der Waals surface area contributed by atoms with Gasteiger partial charge in [-0.1, -0.05) is 110 Å². The van der Waals surface area contributed by atoms with Crippen molar-refractivity contribution >= 4 is 11.9 Å². The minimum Gasteiger partial charge on any atom is -0.461 e. The van der Waals surface area contributed by atoms with E-state index in [1.54, 1.807) is 62.3 Å². The minimum atomic E-state index is -1.38. The molecular formula is C38H38N2O6. The first-order valence-corrected chi connectivity index (χ1v) is 14.5. The molecule has 0 fully saturated rings. The Morgan fingerprint density at radius 1 is 0.522 bits per heavy atom. The van der Waals surface area contributed by atoms with Gasteiger partial charge < -0.3 is 18.9 Å². The lowest BCUT2D eigenvalue weighted by atomic mass is 9.99. The van der Waals surface area contributed by atoms with Gasteiger partial charge >= 0.3 is 11.9 Å². The van der Waals surface area contributed by atoms with Crippen molar-refractivity contribution in [1.82, 2.24) is 9.80 Å². The summed E-state index contributed by atoms with van der Waals surface area (Å²) in [5.74, 6) is -0.646. The van der Waals surface area contributed by atoms with Crippen LogP contribution >= 0.6 is 0 Å². The Labute approximate surface area is 270 Å². The van der Waals surface area contributed by atoms with Crippen molar-refractivity contribution in [2.24, 2.45) is 0 Å². The summed E-state index contributed by atoms with van der Waals surface area (Å²) in [5.41, 5.74) is -1.39. The smallest absolute Gasteiger partial charge is 0.336 e. The number of rotatable bonds is 14. The molecule has 0 N–H and O–H groups in total. The van der Waals surface area contributed by atoms with Gasteiger partial charge in [-0.15, -0.1) is 0 Å². The Bertz CT molecular complexity index is 1530. The molecule has 4 aromatic rings. The molecular weight excluding hydrogens is 580 g/mol. The second kappa shape index (κ2) is 15.0. The third kappa shape index (κ3) is 7.43. The number of ether oxygens (including phenoxy) is 4. The van der Waals surface area contributed by atoms with Gasteiger partial charge in [0.05, 0.1) is 0 Å². The van der Waals surface area contributed by atoms with Gasteiger partial charge in [0, 0.05) is 23.3 Å². The standard InChI is InChI=1S/C38H38N2O6/c1-29(37(39(3)4,31-19-11-7-12-20-31)45-33-23-15-9-16-24-33)43-35(41)27-28-36(42)44-30(2)38(40(5)6,32-21-13-8-14-22-32)46-34-25-17-10-18-26-34/h7-28H,1-2H2,3-6H3/b28-27+. The molecule has 8 nitrogen and oxygen atoms in total. The van der Waals surface area contributed by atoms with Crippen LogP contribution in [-0.4, -0.2) is 49.9 Å². The second-order valence-electron chi connectivity index (χ2n) is 10.7. The Balaban J connectivity index is 1.55. The summed E-state index contributed by atoms with van der Waals surface area (Å²) in [5, 5.41) is 0. The third-order valence-electron chi connectivity index (χ3n) is 7.17. The van der Waals surface area contributed by atoms with Crippen LogP contribution in [0.4, 0.5) is 0 Å². The number of carbonyl (C=O) groups is 2. The lowest BCUT2D eigenvalue weighted by Gasteiger charge is -2.40. The predicted octanol–water partition coefficient (Wildman–Crippen LogP) is 6.64. The average molecular weight is 619 g/mol. The molecule has 4 aromatic carbocycles. The zero-order chi connectivity index (χ0) is 33.2. The van der Waals surface area contributed by atoms with Crippen LogP contribution in [-0.2, 0) is 30.5 Å². The average Bonchev–Trinajstić information content (AvgIpc) is 3.06. The van der Waals surface area contributed by atoms with Crippen molar-refractivity contribution in [3.63, 3.8) is 0 Å². The molecule has 4 rings (SSSR count). The zero-order valence-corrected chi connectivity index (χ0v) is 26.5. The first kappa shape index (κ1) is 33.5. The summed E-state index contributed by atoms with van der Waals surface area (Å²) in [6.07, 6.45) is 1.93. The highest BCUT2D eigenvalue weighted by atomic mass is 16.6. The highest BCUT2D eigenvalue weighted by Crippen LogP contribution is 2.38. The Morgan fingerprint density at radius 3 is 1.09 bits per heavy atom. The molecule has 0 aliphatic heterocycles. The van der Waals surface area contributed by atoms with E-state index in [4.69, 9.17) is 18.9 Å². The molecule has 2 unspecified atom stereocenters. The first-order chi connectivity index (χ1) is 22.1. The van der Waals surface area contributed by atoms with Gasteiger partial charge in [0.25, 0.3) is 0 Å². The van der Waals surface area contributed by atoms with E-state index in [-0.39, 0.29) is 11.5 Å². The van der Waals surface area contributed by atoms with Gasteiger partial charge in [-0.05, 0) is 52.5 Å². The van der Waals surface area contributed by atoms with Gasteiger partial charge in [-0.3, -0.25) is 9.80 Å². The lowest BCUT2D eigenvalue weighted by molar-refractivity contribution is -0.144. The summed E-state index contributed by atoms with van der Waals surface area (Å²) in [6, 6.07) is 36.8. The number of benzene rings is 4. The molecule has 0 amide bonds. The van der Waals surface area contributed by atoms with Crippen LogP contribution in [0.25, 0.3) is 0 Å². The highest BCUT2D eigenvalue weighted by molar-refractivity contribution is 5.92. The van der Waals surface area contributed by atoms with Crippen LogP contribution in [0, 0.1) is 0 Å². The van der Waals surface area contributed by atoms with Crippen molar-refractivity contribution < 1.29 is 28.5 Å². The predicted molar refractivity (Wildman–Crippen MR) is 177 cm³/mol. The molecule has 0 spiro atoms. The normalized spacial score (nSPS) is 13.8. The molecule has 2 atom stereocenters. The van der Waals surface area contributed by atoms with Crippen LogP contribution in [0.15, 0.2) is 158 Å². The third-order valence-corrected chi connectivity index (χ3v) is 7.17. The van der Waals surface area contributed by atoms with Crippen LogP contribution < -0.4 is 9.47 Å². The van der Waals surface area contributed by atoms with Crippen LogP contribution in [0.5, 0.6) is 11.5 Å². The summed E-state index contributed by atoms with van der Waals surface area (Å²) >= 11 is 0. The van der Waals surface area contributed by atoms with Crippen molar-refractivity contribution in [3.8, 4) is 11.5 Å². The van der Waals surface area contributed by atoms with Gasteiger partial charge in [0.1, 0.15) is 11.5 Å². The fourth-order valence-corrected chi connectivity index (χ4v) is 4.98. The number of esters is 2. The zero-order valence-electron chi connectivity index (χ0n) is 26.5. The fourth-order valence-electron chi connectivity index (χ4n) is 4.98. The molecule has 0 bridgehead atoms. The van der Waals surface area contributed by atoms with Crippen LogP contribution in [0.2, 0.25) is 0 Å². The minimum absolute atomic E-state index is 0.00746. The number of likely N-dealkylation sites (N-methyl/N-ethyl adjacent to an activating group) is 2. The number of hydrogen-bond donors (Lipinski definition) is 0. The van der Waals surface area contributed by atoms with Crippen molar-refractivity contribution in [1.29, 1.82) is 0 Å². The quantitative estimate of drug-likeness (QED) is 0.0674. The van der Waals surface area contributed by atoms with Gasteiger partial charge in [0.15, 0.2) is 11.5 Å². The van der Waals surface area contributed by atoms with Gasteiger partial charge in [-0.25, -0.2) is 9.59 Å². The van der Waals surface area contributed by atoms with Crippen molar-refractivity contribution in [2.75, 3.05) is 28.2 Å². The molecule has 0 saturated heterocycles. The molecule has 0 saturated carbocycles. The lowest BCUT2D eigenvalue weighted by Crippen LogP contribution is -2.49. The number of hydrogen-bond acceptors (Lipinski definition) is 8. The van der Waals surface area contributed by atoms with Crippen LogP contribution in [0.3, 0.4) is 0 Å². The van der Waals surface area contributed by atoms with E-state index in [9.17, 15) is 9.59 Å². The Hall–Kier alpha value is -5.44. The molecule has 236 valence electrons. The van der Waals surface area contributed by atoms with E-state index >= 15 is 0 Å². The maximum atomic E-state index is 13.1. The van der Waals surface area contributed by atoms with Gasteiger partial charge in [0.2, 0.25) is 11.4 Å². The number of carbonyl (C=O) groups excluding carboxylic acids is 2. The van der Waals surface area contributed by atoms with E-state index in [0.29, 0.717) is 22.6 Å². The van der Waals surface area contributed by atoms with Crippen molar-refractivity contribution in [2.45, 2.75) is 11.4 Å². The maximum absolute atomic E-state index is 13.1. The maximum Gasteiger partial charge on any atom is 0.336 e. The second-order valence-corrected chi connectivity index (χ2v) is 10.7. The monoisotopic (exact) mass is 618 g/mol.